The van der Waals surface area contributed by atoms with Crippen molar-refractivity contribution in [1.82, 2.24) is 5.16 Å². The molecule has 0 fully saturated rings. The Morgan fingerprint density at radius 1 is 1.00 bits per heavy atom. The minimum atomic E-state index is -0.315. The molecule has 4 heteroatoms. The maximum absolute atomic E-state index is 12.4. The monoisotopic (exact) mass is 287 g/mol. The van der Waals surface area contributed by atoms with Crippen molar-refractivity contribution in [3.8, 4) is 0 Å². The molecule has 0 saturated heterocycles. The summed E-state index contributed by atoms with van der Waals surface area (Å²) in [4.78, 5) is 12.4. The number of benzene rings is 1. The van der Waals surface area contributed by atoms with Crippen molar-refractivity contribution in [2.24, 2.45) is 0 Å². The van der Waals surface area contributed by atoms with Crippen molar-refractivity contribution < 1.29 is 14.1 Å². The van der Waals surface area contributed by atoms with Crippen molar-refractivity contribution in [3.63, 3.8) is 0 Å². The Hall–Kier alpha value is -2.10. The highest BCUT2D eigenvalue weighted by Gasteiger charge is 2.19. The van der Waals surface area contributed by atoms with Crippen LogP contribution in [0.4, 0.5) is 0 Å². The first-order valence-electron chi connectivity index (χ1n) is 6.99. The van der Waals surface area contributed by atoms with E-state index in [1.54, 1.807) is 6.07 Å². The molecule has 0 spiro atoms. The molecule has 4 nitrogen and oxygen atoms in total. The molecule has 0 saturated carbocycles. The molecule has 2 aromatic rings. The summed E-state index contributed by atoms with van der Waals surface area (Å²) in [6.07, 6.45) is 0. The lowest BCUT2D eigenvalue weighted by Gasteiger charge is -2.17. The molecule has 0 atom stereocenters. The SMILES string of the molecule is Cc1cc(COC(=O)c2c(C)c(C)c(C)c(C)c2C)on1. The van der Waals surface area contributed by atoms with E-state index in [2.05, 4.69) is 12.1 Å². The van der Waals surface area contributed by atoms with E-state index in [0.29, 0.717) is 11.3 Å². The molecule has 1 aromatic heterocycles. The maximum atomic E-state index is 12.4. The summed E-state index contributed by atoms with van der Waals surface area (Å²) in [5.41, 5.74) is 6.90. The van der Waals surface area contributed by atoms with Crippen molar-refractivity contribution in [2.45, 2.75) is 48.1 Å². The van der Waals surface area contributed by atoms with E-state index in [0.717, 1.165) is 27.9 Å². The first-order valence-corrected chi connectivity index (χ1v) is 6.99. The summed E-state index contributed by atoms with van der Waals surface area (Å²) >= 11 is 0. The zero-order valence-electron chi connectivity index (χ0n) is 13.5. The lowest BCUT2D eigenvalue weighted by Crippen LogP contribution is -2.12. The van der Waals surface area contributed by atoms with Gasteiger partial charge in [0.1, 0.15) is 0 Å². The molecule has 2 rings (SSSR count). The Bertz CT molecular complexity index is 669. The molecule has 0 radical (unpaired) electrons. The second-order valence-corrected chi connectivity index (χ2v) is 5.51. The highest BCUT2D eigenvalue weighted by atomic mass is 16.5. The summed E-state index contributed by atoms with van der Waals surface area (Å²) < 4.78 is 10.4. The van der Waals surface area contributed by atoms with E-state index >= 15 is 0 Å². The van der Waals surface area contributed by atoms with Crippen molar-refractivity contribution in [1.29, 1.82) is 0 Å². The standard InChI is InChI=1S/C17H21NO3/c1-9-7-15(21-18-9)8-20-17(19)16-13(5)11(3)10(2)12(4)14(16)6/h7H,8H2,1-6H3. The maximum Gasteiger partial charge on any atom is 0.339 e. The molecular formula is C17H21NO3. The highest BCUT2D eigenvalue weighted by Crippen LogP contribution is 2.26. The van der Waals surface area contributed by atoms with Gasteiger partial charge in [-0.05, 0) is 69.4 Å². The Labute approximate surface area is 125 Å². The lowest BCUT2D eigenvalue weighted by molar-refractivity contribution is 0.0435. The number of ether oxygens (including phenoxy) is 1. The van der Waals surface area contributed by atoms with Gasteiger partial charge in [-0.3, -0.25) is 0 Å². The number of esters is 1. The smallest absolute Gasteiger partial charge is 0.339 e. The third kappa shape index (κ3) is 2.84. The summed E-state index contributed by atoms with van der Waals surface area (Å²) in [6, 6.07) is 1.76. The molecule has 0 unspecified atom stereocenters. The van der Waals surface area contributed by atoms with Crippen molar-refractivity contribution in [2.75, 3.05) is 0 Å². The van der Waals surface area contributed by atoms with E-state index in [-0.39, 0.29) is 12.6 Å². The van der Waals surface area contributed by atoms with Crippen LogP contribution in [-0.4, -0.2) is 11.1 Å². The van der Waals surface area contributed by atoms with Crippen LogP contribution in [0, 0.1) is 41.5 Å². The Morgan fingerprint density at radius 3 is 2.00 bits per heavy atom. The minimum absolute atomic E-state index is 0.102. The second kappa shape index (κ2) is 5.72. The second-order valence-electron chi connectivity index (χ2n) is 5.51. The average Bonchev–Trinajstić information content (AvgIpc) is 2.86. The Balaban J connectivity index is 2.27. The van der Waals surface area contributed by atoms with Crippen LogP contribution in [0.5, 0.6) is 0 Å². The van der Waals surface area contributed by atoms with Crippen LogP contribution in [-0.2, 0) is 11.3 Å². The topological polar surface area (TPSA) is 52.3 Å². The van der Waals surface area contributed by atoms with Crippen LogP contribution < -0.4 is 0 Å². The minimum Gasteiger partial charge on any atom is -0.454 e. The molecule has 0 aliphatic heterocycles. The molecule has 0 aliphatic rings. The first-order chi connectivity index (χ1) is 9.82. The first kappa shape index (κ1) is 15.3. The van der Waals surface area contributed by atoms with Crippen LogP contribution in [0.15, 0.2) is 10.6 Å². The Kier molecular flexibility index (Phi) is 4.16. The van der Waals surface area contributed by atoms with Gasteiger partial charge in [0, 0.05) is 6.07 Å². The molecule has 0 bridgehead atoms. The summed E-state index contributed by atoms with van der Waals surface area (Å²) in [7, 11) is 0. The van der Waals surface area contributed by atoms with Gasteiger partial charge in [0.15, 0.2) is 12.4 Å². The normalized spacial score (nSPS) is 10.8. The third-order valence-corrected chi connectivity index (χ3v) is 4.23. The van der Waals surface area contributed by atoms with E-state index in [4.69, 9.17) is 9.26 Å². The van der Waals surface area contributed by atoms with E-state index in [1.807, 2.05) is 34.6 Å². The van der Waals surface area contributed by atoms with Gasteiger partial charge < -0.3 is 9.26 Å². The van der Waals surface area contributed by atoms with Crippen LogP contribution in [0.25, 0.3) is 0 Å². The van der Waals surface area contributed by atoms with Crippen LogP contribution in [0.1, 0.15) is 49.6 Å². The molecule has 21 heavy (non-hydrogen) atoms. The van der Waals surface area contributed by atoms with Gasteiger partial charge in [0.05, 0.1) is 11.3 Å². The molecule has 112 valence electrons. The van der Waals surface area contributed by atoms with Crippen LogP contribution in [0.3, 0.4) is 0 Å². The average molecular weight is 287 g/mol. The number of aryl methyl sites for hydroxylation is 1. The van der Waals surface area contributed by atoms with Gasteiger partial charge in [0.25, 0.3) is 0 Å². The summed E-state index contributed by atoms with van der Waals surface area (Å²) in [6.45, 7) is 12.0. The molecule has 1 heterocycles. The molecule has 0 amide bonds. The fourth-order valence-corrected chi connectivity index (χ4v) is 2.50. The lowest BCUT2D eigenvalue weighted by atomic mass is 9.90. The van der Waals surface area contributed by atoms with E-state index in [1.165, 1.54) is 5.56 Å². The van der Waals surface area contributed by atoms with Gasteiger partial charge in [0.2, 0.25) is 0 Å². The van der Waals surface area contributed by atoms with Crippen LogP contribution >= 0.6 is 0 Å². The van der Waals surface area contributed by atoms with E-state index in [9.17, 15) is 4.79 Å². The van der Waals surface area contributed by atoms with Gasteiger partial charge in [-0.2, -0.15) is 0 Å². The number of rotatable bonds is 3. The number of hydrogen-bond acceptors (Lipinski definition) is 4. The predicted molar refractivity (Wildman–Crippen MR) is 80.5 cm³/mol. The molecule has 0 aliphatic carbocycles. The molecular weight excluding hydrogens is 266 g/mol. The largest absolute Gasteiger partial charge is 0.454 e. The van der Waals surface area contributed by atoms with Gasteiger partial charge >= 0.3 is 5.97 Å². The number of carbonyl (C=O) groups excluding carboxylic acids is 1. The zero-order chi connectivity index (χ0) is 15.7. The van der Waals surface area contributed by atoms with Gasteiger partial charge in [-0.25, -0.2) is 4.79 Å². The molecule has 1 aromatic carbocycles. The van der Waals surface area contributed by atoms with Crippen molar-refractivity contribution in [3.05, 3.63) is 50.9 Å². The number of aromatic nitrogens is 1. The van der Waals surface area contributed by atoms with Gasteiger partial charge in [-0.1, -0.05) is 5.16 Å². The third-order valence-electron chi connectivity index (χ3n) is 4.23. The fraction of sp³-hybridized carbons (Fsp3) is 0.412. The fourth-order valence-electron chi connectivity index (χ4n) is 2.50. The molecule has 0 N–H and O–H groups in total. The van der Waals surface area contributed by atoms with Crippen LogP contribution in [0.2, 0.25) is 0 Å². The highest BCUT2D eigenvalue weighted by molar-refractivity contribution is 5.93. The number of hydrogen-bond donors (Lipinski definition) is 0. The zero-order valence-corrected chi connectivity index (χ0v) is 13.5. The van der Waals surface area contributed by atoms with Gasteiger partial charge in [-0.15, -0.1) is 0 Å². The predicted octanol–water partition coefficient (Wildman–Crippen LogP) is 3.88. The van der Waals surface area contributed by atoms with E-state index < -0.39 is 0 Å². The van der Waals surface area contributed by atoms with Crippen molar-refractivity contribution >= 4 is 5.97 Å². The number of nitrogens with zero attached hydrogens (tertiary/aromatic N) is 1. The Morgan fingerprint density at radius 2 is 1.52 bits per heavy atom. The number of carbonyl (C=O) groups is 1. The summed E-state index contributed by atoms with van der Waals surface area (Å²) in [5, 5.41) is 3.78. The quantitative estimate of drug-likeness (QED) is 0.804. The summed E-state index contributed by atoms with van der Waals surface area (Å²) in [5.74, 6) is 0.238.